The van der Waals surface area contributed by atoms with Crippen LogP contribution in [0.4, 0.5) is 0 Å². The molecule has 0 unspecified atom stereocenters. The minimum atomic E-state index is 0.309. The Hall–Kier alpha value is -1.02. The summed E-state index contributed by atoms with van der Waals surface area (Å²) in [5.74, 6) is 0.985. The van der Waals surface area contributed by atoms with Crippen molar-refractivity contribution in [2.45, 2.75) is 24.8 Å². The summed E-state index contributed by atoms with van der Waals surface area (Å²) in [7, 11) is 1.73. The van der Waals surface area contributed by atoms with Gasteiger partial charge in [0.05, 0.1) is 7.11 Å². The number of benzene rings is 1. The van der Waals surface area contributed by atoms with E-state index in [-0.39, 0.29) is 0 Å². The second kappa shape index (κ2) is 2.74. The Morgan fingerprint density at radius 3 is 2.86 bits per heavy atom. The van der Waals surface area contributed by atoms with Crippen LogP contribution in [0.2, 0.25) is 0 Å². The van der Waals surface area contributed by atoms with Gasteiger partial charge in [-0.3, -0.25) is 0 Å². The molecule has 0 bridgehead atoms. The molecule has 1 aliphatic carbocycles. The summed E-state index contributed by atoms with van der Waals surface area (Å²) in [5, 5.41) is 3.57. The maximum absolute atomic E-state index is 5.27. The third-order valence-electron chi connectivity index (χ3n) is 3.67. The fraction of sp³-hybridized carbons (Fsp3) is 0.500. The highest BCUT2D eigenvalue weighted by atomic mass is 16.5. The van der Waals surface area contributed by atoms with Gasteiger partial charge in [0.25, 0.3) is 0 Å². The fourth-order valence-electron chi connectivity index (χ4n) is 2.70. The third-order valence-corrected chi connectivity index (χ3v) is 3.67. The standard InChI is InChI=1S/C12H15NO/c1-14-10-3-2-9-4-5-12(6-7-13-12)11(9)8-10/h2-3,8,13H,4-7H2,1H3/t12-/m0/s1. The SMILES string of the molecule is COc1ccc2c(c1)[C@@]1(CCN1)CC2. The zero-order chi connectivity index (χ0) is 9.60. The van der Waals surface area contributed by atoms with Crippen LogP contribution in [0.25, 0.3) is 0 Å². The van der Waals surface area contributed by atoms with Crippen LogP contribution >= 0.6 is 0 Å². The number of aryl methyl sites for hydroxylation is 1. The van der Waals surface area contributed by atoms with Gasteiger partial charge in [0.2, 0.25) is 0 Å². The molecule has 1 fully saturated rings. The zero-order valence-corrected chi connectivity index (χ0v) is 8.47. The Bertz CT molecular complexity index is 369. The second-order valence-electron chi connectivity index (χ2n) is 4.28. The summed E-state index contributed by atoms with van der Waals surface area (Å²) in [5.41, 5.74) is 3.28. The molecule has 0 radical (unpaired) electrons. The van der Waals surface area contributed by atoms with Crippen molar-refractivity contribution in [1.29, 1.82) is 0 Å². The molecule has 74 valence electrons. The molecule has 1 aliphatic heterocycles. The summed E-state index contributed by atoms with van der Waals surface area (Å²) in [4.78, 5) is 0. The van der Waals surface area contributed by atoms with Gasteiger partial charge in [-0.05, 0) is 49.1 Å². The monoisotopic (exact) mass is 189 g/mol. The molecular weight excluding hydrogens is 174 g/mol. The molecule has 2 nitrogen and oxygen atoms in total. The molecule has 0 amide bonds. The number of fused-ring (bicyclic) bond motifs is 2. The maximum Gasteiger partial charge on any atom is 0.119 e. The van der Waals surface area contributed by atoms with Crippen molar-refractivity contribution >= 4 is 0 Å². The first kappa shape index (κ1) is 8.30. The van der Waals surface area contributed by atoms with Crippen molar-refractivity contribution in [1.82, 2.24) is 5.32 Å². The van der Waals surface area contributed by atoms with Gasteiger partial charge in [-0.1, -0.05) is 6.07 Å². The van der Waals surface area contributed by atoms with E-state index in [1.165, 1.54) is 30.4 Å². The number of rotatable bonds is 1. The Kier molecular flexibility index (Phi) is 1.62. The summed E-state index contributed by atoms with van der Waals surface area (Å²) < 4.78 is 5.27. The van der Waals surface area contributed by atoms with Crippen LogP contribution in [-0.4, -0.2) is 13.7 Å². The molecule has 1 spiro atoms. The first-order valence-corrected chi connectivity index (χ1v) is 5.26. The highest BCUT2D eigenvalue weighted by Gasteiger charge is 2.43. The highest BCUT2D eigenvalue weighted by molar-refractivity contribution is 5.45. The largest absolute Gasteiger partial charge is 0.497 e. The van der Waals surface area contributed by atoms with Gasteiger partial charge in [0.15, 0.2) is 0 Å². The van der Waals surface area contributed by atoms with Crippen LogP contribution in [0.3, 0.4) is 0 Å². The molecule has 1 aromatic carbocycles. The van der Waals surface area contributed by atoms with E-state index in [2.05, 4.69) is 23.5 Å². The van der Waals surface area contributed by atoms with Crippen molar-refractivity contribution in [3.05, 3.63) is 29.3 Å². The van der Waals surface area contributed by atoms with Crippen LogP contribution in [0.5, 0.6) is 5.75 Å². The molecule has 0 aromatic heterocycles. The maximum atomic E-state index is 5.27. The molecule has 1 N–H and O–H groups in total. The van der Waals surface area contributed by atoms with E-state index in [0.717, 1.165) is 12.3 Å². The summed E-state index contributed by atoms with van der Waals surface area (Å²) in [6.45, 7) is 1.16. The van der Waals surface area contributed by atoms with Crippen LogP contribution in [-0.2, 0) is 12.0 Å². The molecular formula is C12H15NO. The number of hydrogen-bond donors (Lipinski definition) is 1. The van der Waals surface area contributed by atoms with Gasteiger partial charge < -0.3 is 10.1 Å². The van der Waals surface area contributed by atoms with E-state index in [9.17, 15) is 0 Å². The van der Waals surface area contributed by atoms with E-state index in [1.807, 2.05) is 0 Å². The molecule has 1 heterocycles. The smallest absolute Gasteiger partial charge is 0.119 e. The second-order valence-corrected chi connectivity index (χ2v) is 4.28. The lowest BCUT2D eigenvalue weighted by molar-refractivity contribution is 0.209. The van der Waals surface area contributed by atoms with E-state index in [4.69, 9.17) is 4.74 Å². The molecule has 2 aliphatic rings. The third kappa shape index (κ3) is 0.947. The summed E-state index contributed by atoms with van der Waals surface area (Å²) in [6, 6.07) is 6.48. The fourth-order valence-corrected chi connectivity index (χ4v) is 2.70. The van der Waals surface area contributed by atoms with E-state index in [0.29, 0.717) is 5.54 Å². The average molecular weight is 189 g/mol. The minimum Gasteiger partial charge on any atom is -0.497 e. The van der Waals surface area contributed by atoms with Crippen LogP contribution in [0.15, 0.2) is 18.2 Å². The molecule has 1 saturated heterocycles. The van der Waals surface area contributed by atoms with Gasteiger partial charge >= 0.3 is 0 Å². The van der Waals surface area contributed by atoms with Crippen LogP contribution in [0.1, 0.15) is 24.0 Å². The minimum absolute atomic E-state index is 0.309. The van der Waals surface area contributed by atoms with Crippen molar-refractivity contribution in [2.24, 2.45) is 0 Å². The van der Waals surface area contributed by atoms with Gasteiger partial charge in [0, 0.05) is 5.54 Å². The van der Waals surface area contributed by atoms with Gasteiger partial charge in [0.1, 0.15) is 5.75 Å². The first-order chi connectivity index (χ1) is 6.84. The number of methoxy groups -OCH3 is 1. The molecule has 3 rings (SSSR count). The van der Waals surface area contributed by atoms with E-state index >= 15 is 0 Å². The van der Waals surface area contributed by atoms with E-state index < -0.39 is 0 Å². The highest BCUT2D eigenvalue weighted by Crippen LogP contribution is 2.44. The molecule has 0 saturated carbocycles. The molecule has 1 aromatic rings. The van der Waals surface area contributed by atoms with Crippen molar-refractivity contribution < 1.29 is 4.74 Å². The lowest BCUT2D eigenvalue weighted by atomic mass is 9.82. The Labute approximate surface area is 84.3 Å². The topological polar surface area (TPSA) is 21.3 Å². The number of ether oxygens (including phenoxy) is 1. The Morgan fingerprint density at radius 1 is 1.36 bits per heavy atom. The lowest BCUT2D eigenvalue weighted by Gasteiger charge is -2.41. The number of hydrogen-bond acceptors (Lipinski definition) is 2. The predicted octanol–water partition coefficient (Wildman–Crippen LogP) is 1.83. The van der Waals surface area contributed by atoms with Crippen molar-refractivity contribution in [3.63, 3.8) is 0 Å². The van der Waals surface area contributed by atoms with Gasteiger partial charge in [-0.25, -0.2) is 0 Å². The Balaban J connectivity index is 2.08. The lowest BCUT2D eigenvalue weighted by Crippen LogP contribution is -2.52. The van der Waals surface area contributed by atoms with E-state index in [1.54, 1.807) is 7.11 Å². The first-order valence-electron chi connectivity index (χ1n) is 5.26. The van der Waals surface area contributed by atoms with Crippen molar-refractivity contribution in [2.75, 3.05) is 13.7 Å². The van der Waals surface area contributed by atoms with Crippen molar-refractivity contribution in [3.8, 4) is 5.75 Å². The summed E-state index contributed by atoms with van der Waals surface area (Å²) in [6.07, 6.45) is 3.76. The predicted molar refractivity (Wildman–Crippen MR) is 55.6 cm³/mol. The summed E-state index contributed by atoms with van der Waals surface area (Å²) >= 11 is 0. The zero-order valence-electron chi connectivity index (χ0n) is 8.47. The van der Waals surface area contributed by atoms with Crippen LogP contribution in [0, 0.1) is 0 Å². The normalized spacial score (nSPS) is 28.6. The van der Waals surface area contributed by atoms with Gasteiger partial charge in [-0.2, -0.15) is 0 Å². The average Bonchev–Trinajstić information content (AvgIpc) is 2.55. The molecule has 14 heavy (non-hydrogen) atoms. The van der Waals surface area contributed by atoms with Gasteiger partial charge in [-0.15, -0.1) is 0 Å². The number of nitrogens with one attached hydrogen (secondary N) is 1. The quantitative estimate of drug-likeness (QED) is 0.727. The van der Waals surface area contributed by atoms with Crippen LogP contribution < -0.4 is 10.1 Å². The Morgan fingerprint density at radius 2 is 2.21 bits per heavy atom. The molecule has 1 atom stereocenters. The molecule has 2 heteroatoms.